The Balaban J connectivity index is 1.92. The van der Waals surface area contributed by atoms with Gasteiger partial charge >= 0.3 is 0 Å². The maximum Gasteiger partial charge on any atom is 0.223 e. The molecule has 0 radical (unpaired) electrons. The molecular formula is C17H13NO3. The number of pyridine rings is 1. The van der Waals surface area contributed by atoms with Crippen molar-refractivity contribution >= 4 is 0 Å². The molecule has 1 N–H and O–H groups in total. The lowest BCUT2D eigenvalue weighted by Gasteiger charge is -2.10. The highest BCUT2D eigenvalue weighted by molar-refractivity contribution is 5.42. The van der Waals surface area contributed by atoms with Crippen molar-refractivity contribution in [3.63, 3.8) is 0 Å². The molecule has 4 nitrogen and oxygen atoms in total. The van der Waals surface area contributed by atoms with Gasteiger partial charge in [-0.3, -0.25) is 4.79 Å². The number of aromatic nitrogens is 1. The number of ether oxygens (including phenoxy) is 1. The fraction of sp³-hybridized carbons (Fsp3) is 0. The van der Waals surface area contributed by atoms with Gasteiger partial charge in [0.25, 0.3) is 0 Å². The topological polar surface area (TPSA) is 51.5 Å². The third-order valence-electron chi connectivity index (χ3n) is 3.00. The van der Waals surface area contributed by atoms with Gasteiger partial charge in [-0.05, 0) is 24.3 Å². The van der Waals surface area contributed by atoms with Gasteiger partial charge in [-0.15, -0.1) is 0 Å². The van der Waals surface area contributed by atoms with Crippen LogP contribution < -0.4 is 10.2 Å². The van der Waals surface area contributed by atoms with Crippen LogP contribution in [0.15, 0.2) is 77.9 Å². The molecule has 0 fully saturated rings. The van der Waals surface area contributed by atoms with E-state index < -0.39 is 5.43 Å². The molecule has 1 aromatic heterocycles. The molecular weight excluding hydrogens is 266 g/mol. The molecule has 0 aliphatic rings. The van der Waals surface area contributed by atoms with E-state index in [0.29, 0.717) is 5.75 Å². The van der Waals surface area contributed by atoms with E-state index in [9.17, 15) is 9.90 Å². The van der Waals surface area contributed by atoms with Crippen molar-refractivity contribution in [1.82, 2.24) is 4.57 Å². The van der Waals surface area contributed by atoms with Crippen LogP contribution in [0.3, 0.4) is 0 Å². The first-order valence-electron chi connectivity index (χ1n) is 6.47. The number of benzene rings is 2. The van der Waals surface area contributed by atoms with E-state index in [-0.39, 0.29) is 5.75 Å². The third kappa shape index (κ3) is 2.95. The minimum atomic E-state index is -0.400. The summed E-state index contributed by atoms with van der Waals surface area (Å²) in [6, 6.07) is 18.2. The minimum absolute atomic E-state index is 0.285. The molecule has 3 aromatic rings. The molecule has 0 amide bonds. The van der Waals surface area contributed by atoms with Crippen LogP contribution in [0.4, 0.5) is 0 Å². The highest BCUT2D eigenvalue weighted by Gasteiger charge is 2.02. The molecule has 104 valence electrons. The lowest BCUT2D eigenvalue weighted by atomic mass is 10.3. The van der Waals surface area contributed by atoms with Crippen LogP contribution in [0.5, 0.6) is 17.2 Å². The summed E-state index contributed by atoms with van der Waals surface area (Å²) in [6.45, 7) is 0. The number of hydrogen-bond acceptors (Lipinski definition) is 3. The van der Waals surface area contributed by atoms with Gasteiger partial charge in [-0.1, -0.05) is 24.3 Å². The molecule has 0 bridgehead atoms. The molecule has 0 saturated heterocycles. The van der Waals surface area contributed by atoms with Gasteiger partial charge in [-0.2, -0.15) is 0 Å². The molecule has 3 rings (SSSR count). The Hall–Kier alpha value is -3.01. The zero-order chi connectivity index (χ0) is 14.7. The van der Waals surface area contributed by atoms with Crippen LogP contribution in [-0.2, 0) is 0 Å². The van der Waals surface area contributed by atoms with Gasteiger partial charge in [0.15, 0.2) is 5.75 Å². The summed E-state index contributed by atoms with van der Waals surface area (Å²) >= 11 is 0. The number of rotatable bonds is 3. The standard InChI is InChI=1S/C17H13NO3/c19-16-9-10-18(12-17(16)20)13-5-4-8-15(11-13)21-14-6-2-1-3-7-14/h1-12,20H. The molecule has 2 aromatic carbocycles. The number of hydrogen-bond donors (Lipinski definition) is 1. The summed E-state index contributed by atoms with van der Waals surface area (Å²) < 4.78 is 7.42. The normalized spacial score (nSPS) is 10.3. The summed E-state index contributed by atoms with van der Waals surface area (Å²) in [5, 5.41) is 9.50. The second-order valence-electron chi connectivity index (χ2n) is 4.51. The molecule has 0 saturated carbocycles. The number of nitrogens with zero attached hydrogens (tertiary/aromatic N) is 1. The van der Waals surface area contributed by atoms with Crippen molar-refractivity contribution in [1.29, 1.82) is 0 Å². The molecule has 21 heavy (non-hydrogen) atoms. The zero-order valence-corrected chi connectivity index (χ0v) is 11.1. The Labute approximate surface area is 121 Å². The molecule has 0 aliphatic carbocycles. The molecule has 0 atom stereocenters. The Morgan fingerprint density at radius 3 is 2.43 bits per heavy atom. The molecule has 4 heteroatoms. The van der Waals surface area contributed by atoms with E-state index in [1.54, 1.807) is 10.8 Å². The fourth-order valence-electron chi connectivity index (χ4n) is 1.96. The second-order valence-corrected chi connectivity index (χ2v) is 4.51. The van der Waals surface area contributed by atoms with Crippen molar-refractivity contribution < 1.29 is 9.84 Å². The molecule has 0 unspecified atom stereocenters. The highest BCUT2D eigenvalue weighted by atomic mass is 16.5. The summed E-state index contributed by atoms with van der Waals surface area (Å²) in [4.78, 5) is 11.2. The minimum Gasteiger partial charge on any atom is -0.503 e. The highest BCUT2D eigenvalue weighted by Crippen LogP contribution is 2.23. The van der Waals surface area contributed by atoms with Gasteiger partial charge in [0, 0.05) is 24.0 Å². The van der Waals surface area contributed by atoms with Crippen LogP contribution in [-0.4, -0.2) is 9.67 Å². The number of aromatic hydroxyl groups is 1. The van der Waals surface area contributed by atoms with E-state index in [0.717, 1.165) is 11.4 Å². The Morgan fingerprint density at radius 1 is 0.905 bits per heavy atom. The summed E-state index contributed by atoms with van der Waals surface area (Å²) in [7, 11) is 0. The maximum absolute atomic E-state index is 11.2. The Bertz CT molecular complexity index is 810. The van der Waals surface area contributed by atoms with E-state index in [1.165, 1.54) is 12.3 Å². The lowest BCUT2D eigenvalue weighted by molar-refractivity contribution is 0.465. The van der Waals surface area contributed by atoms with Crippen molar-refractivity contribution in [2.45, 2.75) is 0 Å². The largest absolute Gasteiger partial charge is 0.503 e. The zero-order valence-electron chi connectivity index (χ0n) is 11.1. The van der Waals surface area contributed by atoms with Crippen LogP contribution in [0, 0.1) is 0 Å². The van der Waals surface area contributed by atoms with Crippen LogP contribution in [0.2, 0.25) is 0 Å². The lowest BCUT2D eigenvalue weighted by Crippen LogP contribution is -2.03. The van der Waals surface area contributed by atoms with Crippen LogP contribution in [0.1, 0.15) is 0 Å². The van der Waals surface area contributed by atoms with Crippen molar-refractivity contribution in [3.8, 4) is 22.9 Å². The third-order valence-corrected chi connectivity index (χ3v) is 3.00. The molecule has 1 heterocycles. The Morgan fingerprint density at radius 2 is 1.67 bits per heavy atom. The fourth-order valence-corrected chi connectivity index (χ4v) is 1.96. The monoisotopic (exact) mass is 279 g/mol. The predicted molar refractivity (Wildman–Crippen MR) is 80.2 cm³/mol. The van der Waals surface area contributed by atoms with Crippen LogP contribution >= 0.6 is 0 Å². The quantitative estimate of drug-likeness (QED) is 0.800. The first-order chi connectivity index (χ1) is 10.2. The summed E-state index contributed by atoms with van der Waals surface area (Å²) in [5.74, 6) is 1.14. The average molecular weight is 279 g/mol. The van der Waals surface area contributed by atoms with Gasteiger partial charge < -0.3 is 14.4 Å². The molecule has 0 spiro atoms. The van der Waals surface area contributed by atoms with Gasteiger partial charge in [-0.25, -0.2) is 0 Å². The van der Waals surface area contributed by atoms with Crippen LogP contribution in [0.25, 0.3) is 5.69 Å². The van der Waals surface area contributed by atoms with Gasteiger partial charge in [0.1, 0.15) is 11.5 Å². The molecule has 0 aliphatic heterocycles. The van der Waals surface area contributed by atoms with Gasteiger partial charge in [0.2, 0.25) is 5.43 Å². The van der Waals surface area contributed by atoms with E-state index >= 15 is 0 Å². The second kappa shape index (κ2) is 5.54. The SMILES string of the molecule is O=c1ccn(-c2cccc(Oc3ccccc3)c2)cc1O. The Kier molecular flexibility index (Phi) is 3.43. The van der Waals surface area contributed by atoms with E-state index in [1.807, 2.05) is 54.6 Å². The predicted octanol–water partition coefficient (Wildman–Crippen LogP) is 3.34. The summed E-state index contributed by atoms with van der Waals surface area (Å²) in [5.41, 5.74) is 0.390. The average Bonchev–Trinajstić information content (AvgIpc) is 2.51. The maximum atomic E-state index is 11.2. The van der Waals surface area contributed by atoms with E-state index in [4.69, 9.17) is 4.74 Å². The smallest absolute Gasteiger partial charge is 0.223 e. The van der Waals surface area contributed by atoms with E-state index in [2.05, 4.69) is 0 Å². The first-order valence-corrected chi connectivity index (χ1v) is 6.47. The van der Waals surface area contributed by atoms with Crippen molar-refractivity contribution in [2.75, 3.05) is 0 Å². The van der Waals surface area contributed by atoms with Gasteiger partial charge in [0.05, 0.1) is 6.20 Å². The number of para-hydroxylation sites is 1. The van der Waals surface area contributed by atoms with Crippen molar-refractivity contribution in [2.24, 2.45) is 0 Å². The first kappa shape index (κ1) is 13.0. The van der Waals surface area contributed by atoms with Crippen molar-refractivity contribution in [3.05, 3.63) is 83.3 Å². The summed E-state index contributed by atoms with van der Waals surface area (Å²) in [6.07, 6.45) is 2.98.